The fourth-order valence-electron chi connectivity index (χ4n) is 5.28. The van der Waals surface area contributed by atoms with Crippen molar-refractivity contribution in [2.75, 3.05) is 51.3 Å². The van der Waals surface area contributed by atoms with Crippen LogP contribution in [0.15, 0.2) is 77.7 Å². The summed E-state index contributed by atoms with van der Waals surface area (Å²) in [5.41, 5.74) is 1.81. The summed E-state index contributed by atoms with van der Waals surface area (Å²) in [5, 5.41) is 1.23. The molecule has 2 aliphatic rings. The van der Waals surface area contributed by atoms with Crippen molar-refractivity contribution in [3.63, 3.8) is 0 Å². The van der Waals surface area contributed by atoms with Crippen LogP contribution in [-0.2, 0) is 14.8 Å². The van der Waals surface area contributed by atoms with Gasteiger partial charge in [-0.25, -0.2) is 8.42 Å². The Hall–Kier alpha value is -2.78. The summed E-state index contributed by atoms with van der Waals surface area (Å²) in [6, 6.07) is 21.4. The Labute approximate surface area is 233 Å². The van der Waals surface area contributed by atoms with E-state index in [4.69, 9.17) is 27.9 Å². The van der Waals surface area contributed by atoms with E-state index in [2.05, 4.69) is 4.90 Å². The van der Waals surface area contributed by atoms with Gasteiger partial charge in [0.1, 0.15) is 5.75 Å². The number of benzene rings is 3. The predicted molar refractivity (Wildman–Crippen MR) is 150 cm³/mol. The monoisotopic (exact) mass is 573 g/mol. The van der Waals surface area contributed by atoms with Crippen LogP contribution in [0.5, 0.6) is 5.75 Å². The molecule has 0 radical (unpaired) electrons. The smallest absolute Gasteiger partial charge is 0.243 e. The van der Waals surface area contributed by atoms with E-state index in [9.17, 15) is 13.2 Å². The number of anilines is 1. The van der Waals surface area contributed by atoms with Crippen LogP contribution in [0.25, 0.3) is 0 Å². The zero-order valence-electron chi connectivity index (χ0n) is 21.0. The van der Waals surface area contributed by atoms with Crippen molar-refractivity contribution in [1.82, 2.24) is 9.21 Å². The van der Waals surface area contributed by atoms with Gasteiger partial charge in [-0.2, -0.15) is 4.31 Å². The van der Waals surface area contributed by atoms with Gasteiger partial charge in [0, 0.05) is 50.2 Å². The summed E-state index contributed by atoms with van der Waals surface area (Å²) in [6.45, 7) is 2.64. The Bertz CT molecular complexity index is 1400. The molecule has 1 amide bonds. The summed E-state index contributed by atoms with van der Waals surface area (Å²) >= 11 is 12.6. The van der Waals surface area contributed by atoms with Crippen LogP contribution in [0.4, 0.5) is 5.69 Å². The minimum Gasteiger partial charge on any atom is -0.497 e. The van der Waals surface area contributed by atoms with E-state index in [1.165, 1.54) is 11.4 Å². The molecular formula is C28H29Cl2N3O4S. The number of rotatable bonds is 6. The molecule has 2 aliphatic heterocycles. The highest BCUT2D eigenvalue weighted by atomic mass is 35.5. The van der Waals surface area contributed by atoms with Crippen molar-refractivity contribution < 1.29 is 17.9 Å². The van der Waals surface area contributed by atoms with E-state index in [1.807, 2.05) is 41.3 Å². The van der Waals surface area contributed by atoms with E-state index in [0.717, 1.165) is 11.3 Å². The molecule has 0 unspecified atom stereocenters. The van der Waals surface area contributed by atoms with Crippen LogP contribution >= 0.6 is 23.2 Å². The zero-order chi connectivity index (χ0) is 26.9. The first-order valence-corrected chi connectivity index (χ1v) is 14.7. The fourth-order valence-corrected chi connectivity index (χ4v) is 7.17. The van der Waals surface area contributed by atoms with Gasteiger partial charge in [-0.15, -0.1) is 0 Å². The lowest BCUT2D eigenvalue weighted by atomic mass is 9.88. The number of carbonyl (C=O) groups excluding carboxylic acids is 1. The second-order valence-electron chi connectivity index (χ2n) is 9.53. The number of nitrogens with zero attached hydrogens (tertiary/aromatic N) is 3. The maximum absolute atomic E-state index is 13.9. The van der Waals surface area contributed by atoms with Crippen LogP contribution in [0.2, 0.25) is 10.0 Å². The van der Waals surface area contributed by atoms with Gasteiger partial charge >= 0.3 is 0 Å². The third kappa shape index (κ3) is 5.36. The van der Waals surface area contributed by atoms with Gasteiger partial charge in [0.2, 0.25) is 15.9 Å². The molecule has 5 rings (SSSR count). The maximum Gasteiger partial charge on any atom is 0.243 e. The van der Waals surface area contributed by atoms with Crippen molar-refractivity contribution in [3.8, 4) is 5.75 Å². The van der Waals surface area contributed by atoms with Crippen LogP contribution in [0.1, 0.15) is 11.5 Å². The van der Waals surface area contributed by atoms with Crippen molar-refractivity contribution in [2.24, 2.45) is 5.92 Å². The summed E-state index contributed by atoms with van der Waals surface area (Å²) in [4.78, 5) is 18.0. The zero-order valence-corrected chi connectivity index (χ0v) is 23.3. The normalized spacial score (nSPS) is 20.5. The molecule has 0 bridgehead atoms. The molecule has 200 valence electrons. The molecule has 0 aliphatic carbocycles. The lowest BCUT2D eigenvalue weighted by molar-refractivity contribution is -0.135. The molecule has 0 aromatic heterocycles. The van der Waals surface area contributed by atoms with Crippen LogP contribution in [-0.4, -0.2) is 69.9 Å². The number of sulfonamides is 1. The van der Waals surface area contributed by atoms with E-state index < -0.39 is 15.9 Å². The molecule has 7 nitrogen and oxygen atoms in total. The molecule has 2 atom stereocenters. The van der Waals surface area contributed by atoms with Gasteiger partial charge in [-0.1, -0.05) is 53.5 Å². The number of methoxy groups -OCH3 is 1. The van der Waals surface area contributed by atoms with Crippen molar-refractivity contribution in [1.29, 1.82) is 0 Å². The number of halogens is 2. The molecule has 3 aromatic carbocycles. The Morgan fingerprint density at radius 1 is 0.895 bits per heavy atom. The maximum atomic E-state index is 13.9. The van der Waals surface area contributed by atoms with E-state index in [0.29, 0.717) is 42.0 Å². The van der Waals surface area contributed by atoms with E-state index in [1.54, 1.807) is 36.4 Å². The van der Waals surface area contributed by atoms with Crippen molar-refractivity contribution >= 4 is 44.8 Å². The van der Waals surface area contributed by atoms with Gasteiger partial charge < -0.3 is 14.5 Å². The summed E-state index contributed by atoms with van der Waals surface area (Å²) in [7, 11) is -2.25. The predicted octanol–water partition coefficient (Wildman–Crippen LogP) is 4.76. The van der Waals surface area contributed by atoms with Gasteiger partial charge in [-0.05, 0) is 48.0 Å². The lowest BCUT2D eigenvalue weighted by Crippen LogP contribution is -2.51. The summed E-state index contributed by atoms with van der Waals surface area (Å²) in [5.74, 6) is -0.161. The third-order valence-corrected chi connectivity index (χ3v) is 9.77. The molecule has 2 heterocycles. The van der Waals surface area contributed by atoms with Crippen LogP contribution in [0.3, 0.4) is 0 Å². The minimum absolute atomic E-state index is 0.0249. The third-order valence-electron chi connectivity index (χ3n) is 7.37. The highest BCUT2D eigenvalue weighted by molar-refractivity contribution is 7.89. The highest BCUT2D eigenvalue weighted by Crippen LogP contribution is 2.37. The Kier molecular flexibility index (Phi) is 7.86. The molecular weight excluding hydrogens is 545 g/mol. The van der Waals surface area contributed by atoms with Crippen LogP contribution in [0, 0.1) is 5.92 Å². The molecule has 0 spiro atoms. The Morgan fingerprint density at radius 3 is 2.24 bits per heavy atom. The molecule has 2 fully saturated rings. The van der Waals surface area contributed by atoms with Gasteiger partial charge in [-0.3, -0.25) is 4.79 Å². The molecule has 0 N–H and O–H groups in total. The average Bonchev–Trinajstić information content (AvgIpc) is 3.41. The number of hydrogen-bond acceptors (Lipinski definition) is 5. The Balaban J connectivity index is 1.35. The van der Waals surface area contributed by atoms with E-state index >= 15 is 0 Å². The topological polar surface area (TPSA) is 70.2 Å². The average molecular weight is 575 g/mol. The van der Waals surface area contributed by atoms with Crippen molar-refractivity contribution in [2.45, 2.75) is 10.8 Å². The molecule has 0 saturated carbocycles. The first kappa shape index (κ1) is 26.8. The molecule has 38 heavy (non-hydrogen) atoms. The largest absolute Gasteiger partial charge is 0.497 e. The van der Waals surface area contributed by atoms with Gasteiger partial charge in [0.25, 0.3) is 0 Å². The molecule has 2 saturated heterocycles. The Morgan fingerprint density at radius 2 is 1.58 bits per heavy atom. The highest BCUT2D eigenvalue weighted by Gasteiger charge is 2.45. The minimum atomic E-state index is -3.78. The van der Waals surface area contributed by atoms with Gasteiger partial charge in [0.15, 0.2) is 0 Å². The number of ether oxygens (including phenoxy) is 1. The second kappa shape index (κ2) is 11.1. The number of carbonyl (C=O) groups is 1. The number of hydrogen-bond donors (Lipinski definition) is 0. The van der Waals surface area contributed by atoms with E-state index in [-0.39, 0.29) is 29.8 Å². The standard InChI is InChI=1S/C28H29Cl2N3O4S/c1-37-22-8-10-23(11-9-22)38(35,36)33-18-24(20-5-3-2-4-6-20)25(19-33)28(34)32-15-13-31(14-16-32)27-17-21(29)7-12-26(27)30/h2-12,17,24-25H,13-16,18-19H2,1H3/t24-,25+/m0/s1. The molecule has 3 aromatic rings. The second-order valence-corrected chi connectivity index (χ2v) is 12.3. The lowest BCUT2D eigenvalue weighted by Gasteiger charge is -2.38. The fraction of sp³-hybridized carbons (Fsp3) is 0.321. The van der Waals surface area contributed by atoms with Crippen LogP contribution < -0.4 is 9.64 Å². The van der Waals surface area contributed by atoms with Crippen molar-refractivity contribution in [3.05, 3.63) is 88.4 Å². The first-order valence-electron chi connectivity index (χ1n) is 12.5. The SMILES string of the molecule is COc1ccc(S(=O)(=O)N2C[C@@H](C(=O)N3CCN(c4cc(Cl)ccc4Cl)CC3)[C@H](c3ccccc3)C2)cc1. The summed E-state index contributed by atoms with van der Waals surface area (Å²) in [6.07, 6.45) is 0. The molecule has 10 heteroatoms. The summed E-state index contributed by atoms with van der Waals surface area (Å²) < 4.78 is 33.7. The quantitative estimate of drug-likeness (QED) is 0.425. The first-order chi connectivity index (χ1) is 18.3. The van der Waals surface area contributed by atoms with Gasteiger partial charge in [0.05, 0.1) is 28.6 Å². The number of piperazine rings is 1. The number of amides is 1.